The van der Waals surface area contributed by atoms with E-state index in [0.717, 1.165) is 16.7 Å². The minimum Gasteiger partial charge on any atom is -0.508 e. The van der Waals surface area contributed by atoms with Gasteiger partial charge in [-0.1, -0.05) is 23.8 Å². The largest absolute Gasteiger partial charge is 0.508 e. The standard InChI is InChI=1S/C17H14ClN3O2/c1-9-3-5-12(10(2)7-9)15-19-16(21-17(18)20-15)13-6-4-11(22)8-14(13)23/h3-8,22-23H,1-2H3. The number of rotatable bonds is 2. The Morgan fingerprint density at radius 1 is 0.826 bits per heavy atom. The summed E-state index contributed by atoms with van der Waals surface area (Å²) >= 11 is 6.02. The van der Waals surface area contributed by atoms with Crippen LogP contribution in [0.5, 0.6) is 11.5 Å². The second kappa shape index (κ2) is 5.85. The summed E-state index contributed by atoms with van der Waals surface area (Å²) < 4.78 is 0. The van der Waals surface area contributed by atoms with Crippen molar-refractivity contribution in [2.45, 2.75) is 13.8 Å². The SMILES string of the molecule is Cc1ccc(-c2nc(Cl)nc(-c3ccc(O)cc3O)n2)c(C)c1. The minimum atomic E-state index is -0.126. The second-order valence-electron chi connectivity index (χ2n) is 5.27. The van der Waals surface area contributed by atoms with Crippen LogP contribution in [-0.2, 0) is 0 Å². The molecule has 0 bridgehead atoms. The van der Waals surface area contributed by atoms with Gasteiger partial charge >= 0.3 is 0 Å². The van der Waals surface area contributed by atoms with E-state index in [0.29, 0.717) is 11.4 Å². The third-order valence-corrected chi connectivity index (χ3v) is 3.62. The molecule has 2 N–H and O–H groups in total. The van der Waals surface area contributed by atoms with E-state index in [9.17, 15) is 10.2 Å². The van der Waals surface area contributed by atoms with E-state index in [1.165, 1.54) is 18.2 Å². The maximum absolute atomic E-state index is 9.98. The Balaban J connectivity index is 2.16. The number of halogens is 1. The quantitative estimate of drug-likeness (QED) is 0.746. The van der Waals surface area contributed by atoms with Gasteiger partial charge in [-0.3, -0.25) is 0 Å². The minimum absolute atomic E-state index is 0.0393. The van der Waals surface area contributed by atoms with E-state index in [4.69, 9.17) is 11.6 Å². The highest BCUT2D eigenvalue weighted by Gasteiger charge is 2.14. The fourth-order valence-corrected chi connectivity index (χ4v) is 2.52. The van der Waals surface area contributed by atoms with Crippen LogP contribution in [0.3, 0.4) is 0 Å². The molecule has 0 radical (unpaired) electrons. The summed E-state index contributed by atoms with van der Waals surface area (Å²) in [5.74, 6) is 0.516. The molecule has 23 heavy (non-hydrogen) atoms. The first-order valence-electron chi connectivity index (χ1n) is 6.95. The number of aromatic hydroxyl groups is 2. The molecular formula is C17H14ClN3O2. The van der Waals surface area contributed by atoms with Crippen molar-refractivity contribution in [3.63, 3.8) is 0 Å². The number of aryl methyl sites for hydroxylation is 2. The molecule has 0 atom stereocenters. The van der Waals surface area contributed by atoms with Gasteiger partial charge in [0.05, 0.1) is 5.56 Å². The third-order valence-electron chi connectivity index (χ3n) is 3.45. The second-order valence-corrected chi connectivity index (χ2v) is 5.61. The van der Waals surface area contributed by atoms with E-state index in [1.54, 1.807) is 0 Å². The summed E-state index contributed by atoms with van der Waals surface area (Å²) in [4.78, 5) is 12.7. The number of aromatic nitrogens is 3. The molecule has 5 nitrogen and oxygen atoms in total. The molecule has 0 aliphatic carbocycles. The van der Waals surface area contributed by atoms with Crippen LogP contribution < -0.4 is 0 Å². The van der Waals surface area contributed by atoms with Crippen molar-refractivity contribution in [3.8, 4) is 34.3 Å². The van der Waals surface area contributed by atoms with Gasteiger partial charge in [0.2, 0.25) is 5.28 Å². The number of nitrogens with zero attached hydrogens (tertiary/aromatic N) is 3. The summed E-state index contributed by atoms with van der Waals surface area (Å²) in [5, 5.41) is 19.4. The van der Waals surface area contributed by atoms with Gasteiger partial charge < -0.3 is 10.2 Å². The first-order valence-corrected chi connectivity index (χ1v) is 7.33. The number of hydrogen-bond acceptors (Lipinski definition) is 5. The first kappa shape index (κ1) is 15.2. The summed E-state index contributed by atoms with van der Waals surface area (Å²) in [5.41, 5.74) is 3.38. The van der Waals surface area contributed by atoms with Crippen LogP contribution in [-0.4, -0.2) is 25.2 Å². The maximum Gasteiger partial charge on any atom is 0.226 e. The Labute approximate surface area is 138 Å². The summed E-state index contributed by atoms with van der Waals surface area (Å²) in [6.45, 7) is 3.98. The molecule has 0 amide bonds. The zero-order valence-electron chi connectivity index (χ0n) is 12.6. The molecule has 3 aromatic rings. The smallest absolute Gasteiger partial charge is 0.226 e. The zero-order chi connectivity index (χ0) is 16.6. The van der Waals surface area contributed by atoms with Gasteiger partial charge in [0.15, 0.2) is 11.6 Å². The van der Waals surface area contributed by atoms with Gasteiger partial charge in [-0.25, -0.2) is 4.98 Å². The van der Waals surface area contributed by atoms with Crippen LogP contribution in [0, 0.1) is 13.8 Å². The predicted molar refractivity (Wildman–Crippen MR) is 88.5 cm³/mol. The Morgan fingerprint density at radius 3 is 2.13 bits per heavy atom. The van der Waals surface area contributed by atoms with Crippen LogP contribution in [0.4, 0.5) is 0 Å². The third kappa shape index (κ3) is 3.10. The van der Waals surface area contributed by atoms with E-state index in [-0.39, 0.29) is 22.6 Å². The van der Waals surface area contributed by atoms with Crippen LogP contribution in [0.2, 0.25) is 5.28 Å². The lowest BCUT2D eigenvalue weighted by atomic mass is 10.1. The fraction of sp³-hybridized carbons (Fsp3) is 0.118. The molecule has 6 heteroatoms. The van der Waals surface area contributed by atoms with Gasteiger partial charge in [0, 0.05) is 11.6 Å². The Hall–Kier alpha value is -2.66. The zero-order valence-corrected chi connectivity index (χ0v) is 13.3. The van der Waals surface area contributed by atoms with Crippen molar-refractivity contribution in [1.29, 1.82) is 0 Å². The molecule has 0 aliphatic heterocycles. The molecule has 0 spiro atoms. The number of phenols is 2. The molecule has 0 saturated carbocycles. The highest BCUT2D eigenvalue weighted by molar-refractivity contribution is 6.28. The fourth-order valence-electron chi connectivity index (χ4n) is 2.36. The van der Waals surface area contributed by atoms with Crippen molar-refractivity contribution in [1.82, 2.24) is 15.0 Å². The van der Waals surface area contributed by atoms with Gasteiger partial charge in [0.1, 0.15) is 11.5 Å². The maximum atomic E-state index is 9.98. The molecular weight excluding hydrogens is 314 g/mol. The van der Waals surface area contributed by atoms with Crippen molar-refractivity contribution < 1.29 is 10.2 Å². The summed E-state index contributed by atoms with van der Waals surface area (Å²) in [6, 6.07) is 10.1. The topological polar surface area (TPSA) is 79.1 Å². The average Bonchev–Trinajstić information content (AvgIpc) is 2.46. The lowest BCUT2D eigenvalue weighted by Gasteiger charge is -2.09. The molecule has 1 heterocycles. The van der Waals surface area contributed by atoms with Crippen LogP contribution in [0.1, 0.15) is 11.1 Å². The highest BCUT2D eigenvalue weighted by Crippen LogP contribution is 2.31. The monoisotopic (exact) mass is 327 g/mol. The molecule has 1 aromatic heterocycles. The van der Waals surface area contributed by atoms with Crippen molar-refractivity contribution in [3.05, 3.63) is 52.8 Å². The molecule has 0 fully saturated rings. The van der Waals surface area contributed by atoms with Crippen LogP contribution in [0.25, 0.3) is 22.8 Å². The van der Waals surface area contributed by atoms with Gasteiger partial charge in [-0.2, -0.15) is 9.97 Å². The van der Waals surface area contributed by atoms with E-state index in [1.807, 2.05) is 32.0 Å². The average molecular weight is 328 g/mol. The van der Waals surface area contributed by atoms with E-state index >= 15 is 0 Å². The summed E-state index contributed by atoms with van der Waals surface area (Å²) in [6.07, 6.45) is 0. The molecule has 3 rings (SSSR count). The van der Waals surface area contributed by atoms with Crippen molar-refractivity contribution in [2.75, 3.05) is 0 Å². The normalized spacial score (nSPS) is 10.7. The van der Waals surface area contributed by atoms with Gasteiger partial charge in [-0.15, -0.1) is 0 Å². The molecule has 116 valence electrons. The van der Waals surface area contributed by atoms with Crippen LogP contribution in [0.15, 0.2) is 36.4 Å². The lowest BCUT2D eigenvalue weighted by molar-refractivity contribution is 0.451. The molecule has 0 aliphatic rings. The van der Waals surface area contributed by atoms with E-state index < -0.39 is 0 Å². The van der Waals surface area contributed by atoms with Gasteiger partial charge in [-0.05, 0) is 43.1 Å². The molecule has 2 aromatic carbocycles. The molecule has 0 saturated heterocycles. The predicted octanol–water partition coefficient (Wildman–Crippen LogP) is 3.89. The lowest BCUT2D eigenvalue weighted by Crippen LogP contribution is -1.98. The Kier molecular flexibility index (Phi) is 3.88. The highest BCUT2D eigenvalue weighted by atomic mass is 35.5. The number of benzene rings is 2. The molecule has 0 unspecified atom stereocenters. The van der Waals surface area contributed by atoms with E-state index in [2.05, 4.69) is 15.0 Å². The van der Waals surface area contributed by atoms with Crippen molar-refractivity contribution in [2.24, 2.45) is 0 Å². The van der Waals surface area contributed by atoms with Crippen LogP contribution >= 0.6 is 11.6 Å². The number of hydrogen-bond donors (Lipinski definition) is 2. The summed E-state index contributed by atoms with van der Waals surface area (Å²) in [7, 11) is 0. The van der Waals surface area contributed by atoms with Crippen molar-refractivity contribution >= 4 is 11.6 Å². The first-order chi connectivity index (χ1) is 10.9. The Bertz CT molecular complexity index is 827. The number of phenolic OH excluding ortho intramolecular Hbond substituents is 2. The van der Waals surface area contributed by atoms with Gasteiger partial charge in [0.25, 0.3) is 0 Å². The Morgan fingerprint density at radius 2 is 1.48 bits per heavy atom.